The van der Waals surface area contributed by atoms with E-state index < -0.39 is 0 Å². The fourth-order valence-corrected chi connectivity index (χ4v) is 3.58. The Hall–Kier alpha value is -3.12. The van der Waals surface area contributed by atoms with Gasteiger partial charge in [-0.05, 0) is 63.5 Å². The molecular weight excluding hydrogens is 350 g/mol. The van der Waals surface area contributed by atoms with Gasteiger partial charge in [0.05, 0.1) is 17.4 Å². The molecule has 144 valence electrons. The number of benzene rings is 2. The maximum Gasteiger partial charge on any atom is 0.256 e. The van der Waals surface area contributed by atoms with Crippen molar-refractivity contribution in [1.82, 2.24) is 19.0 Å². The van der Waals surface area contributed by atoms with E-state index in [0.29, 0.717) is 5.56 Å². The van der Waals surface area contributed by atoms with E-state index in [-0.39, 0.29) is 5.91 Å². The molecule has 2 heterocycles. The van der Waals surface area contributed by atoms with E-state index >= 15 is 0 Å². The Morgan fingerprint density at radius 3 is 2.82 bits per heavy atom. The molecule has 0 saturated carbocycles. The standard InChI is InChI=1S/C22H25N5O/c1-25(2)11-5-12-27-15-23-19-14-16(8-9-21(19)27)24-22(28)18-6-4-7-20-17(18)10-13-26(20)3/h4,6-10,13-15H,5,11-12H2,1-3H3,(H,24,28). The molecule has 0 bridgehead atoms. The van der Waals surface area contributed by atoms with Gasteiger partial charge in [0.1, 0.15) is 0 Å². The van der Waals surface area contributed by atoms with E-state index in [2.05, 4.69) is 33.9 Å². The van der Waals surface area contributed by atoms with Crippen LogP contribution in [0.3, 0.4) is 0 Å². The predicted molar refractivity (Wildman–Crippen MR) is 114 cm³/mol. The summed E-state index contributed by atoms with van der Waals surface area (Å²) in [7, 11) is 6.14. The Kier molecular flexibility index (Phi) is 4.88. The van der Waals surface area contributed by atoms with Crippen molar-refractivity contribution >= 4 is 33.5 Å². The van der Waals surface area contributed by atoms with Crippen molar-refractivity contribution in [2.45, 2.75) is 13.0 Å². The molecular formula is C22H25N5O. The third-order valence-electron chi connectivity index (χ3n) is 5.06. The number of aryl methyl sites for hydroxylation is 2. The summed E-state index contributed by atoms with van der Waals surface area (Å²) in [5.41, 5.74) is 4.44. The topological polar surface area (TPSA) is 55.1 Å². The number of nitrogens with one attached hydrogen (secondary N) is 1. The highest BCUT2D eigenvalue weighted by Gasteiger charge is 2.12. The molecule has 1 N–H and O–H groups in total. The van der Waals surface area contributed by atoms with E-state index in [1.807, 2.05) is 66.6 Å². The van der Waals surface area contributed by atoms with Gasteiger partial charge in [-0.15, -0.1) is 0 Å². The maximum absolute atomic E-state index is 12.8. The molecule has 0 atom stereocenters. The average molecular weight is 375 g/mol. The first-order valence-electron chi connectivity index (χ1n) is 9.48. The number of rotatable bonds is 6. The third kappa shape index (κ3) is 3.51. The van der Waals surface area contributed by atoms with E-state index in [0.717, 1.165) is 47.1 Å². The monoisotopic (exact) mass is 375 g/mol. The number of fused-ring (bicyclic) bond motifs is 2. The highest BCUT2D eigenvalue weighted by Crippen LogP contribution is 2.22. The van der Waals surface area contributed by atoms with Gasteiger partial charge in [0.25, 0.3) is 5.91 Å². The van der Waals surface area contributed by atoms with Crippen molar-refractivity contribution in [2.24, 2.45) is 7.05 Å². The minimum atomic E-state index is -0.110. The summed E-state index contributed by atoms with van der Waals surface area (Å²) < 4.78 is 4.18. The number of nitrogens with zero attached hydrogens (tertiary/aromatic N) is 4. The SMILES string of the molecule is CN(C)CCCn1cnc2cc(NC(=O)c3cccc4c3ccn4C)ccc21. The Bertz CT molecular complexity index is 1140. The van der Waals surface area contributed by atoms with E-state index in [1.165, 1.54) is 0 Å². The van der Waals surface area contributed by atoms with Gasteiger partial charge in [0.15, 0.2) is 0 Å². The lowest BCUT2D eigenvalue weighted by atomic mass is 10.1. The molecule has 2 aromatic heterocycles. The summed E-state index contributed by atoms with van der Waals surface area (Å²) in [4.78, 5) is 19.5. The fourth-order valence-electron chi connectivity index (χ4n) is 3.58. The van der Waals surface area contributed by atoms with Gasteiger partial charge < -0.3 is 19.4 Å². The quantitative estimate of drug-likeness (QED) is 0.559. The number of anilines is 1. The first kappa shape index (κ1) is 18.3. The minimum Gasteiger partial charge on any atom is -0.351 e. The Morgan fingerprint density at radius 2 is 2.00 bits per heavy atom. The van der Waals surface area contributed by atoms with Gasteiger partial charge in [0.2, 0.25) is 0 Å². The Labute approximate surface area is 164 Å². The first-order valence-corrected chi connectivity index (χ1v) is 9.48. The molecule has 2 aromatic carbocycles. The molecule has 0 spiro atoms. The van der Waals surface area contributed by atoms with Crippen molar-refractivity contribution in [3.63, 3.8) is 0 Å². The molecule has 0 radical (unpaired) electrons. The molecule has 0 aliphatic heterocycles. The van der Waals surface area contributed by atoms with Crippen molar-refractivity contribution < 1.29 is 4.79 Å². The number of hydrogen-bond donors (Lipinski definition) is 1. The molecule has 28 heavy (non-hydrogen) atoms. The summed E-state index contributed by atoms with van der Waals surface area (Å²) in [6.45, 7) is 1.97. The number of imidazole rings is 1. The highest BCUT2D eigenvalue weighted by molar-refractivity contribution is 6.12. The van der Waals surface area contributed by atoms with Crippen LogP contribution in [0.5, 0.6) is 0 Å². The zero-order valence-corrected chi connectivity index (χ0v) is 16.5. The molecule has 4 rings (SSSR count). The summed E-state index contributed by atoms with van der Waals surface area (Å²) in [5.74, 6) is -0.110. The first-order chi connectivity index (χ1) is 13.5. The van der Waals surface area contributed by atoms with Crippen LogP contribution in [-0.2, 0) is 13.6 Å². The van der Waals surface area contributed by atoms with E-state index in [4.69, 9.17) is 0 Å². The van der Waals surface area contributed by atoms with Gasteiger partial charge in [-0.25, -0.2) is 4.98 Å². The summed E-state index contributed by atoms with van der Waals surface area (Å²) in [6, 6.07) is 13.7. The number of carbonyl (C=O) groups is 1. The van der Waals surface area contributed by atoms with Crippen LogP contribution in [0.15, 0.2) is 55.0 Å². The Morgan fingerprint density at radius 1 is 1.14 bits per heavy atom. The molecule has 0 aliphatic carbocycles. The van der Waals surface area contributed by atoms with Crippen LogP contribution in [-0.4, -0.2) is 45.6 Å². The van der Waals surface area contributed by atoms with Crippen molar-refractivity contribution in [3.8, 4) is 0 Å². The second-order valence-corrected chi connectivity index (χ2v) is 7.42. The lowest BCUT2D eigenvalue weighted by Gasteiger charge is -2.10. The minimum absolute atomic E-state index is 0.110. The number of hydrogen-bond acceptors (Lipinski definition) is 3. The van der Waals surface area contributed by atoms with Crippen LogP contribution in [0.1, 0.15) is 16.8 Å². The summed E-state index contributed by atoms with van der Waals surface area (Å²) >= 11 is 0. The van der Waals surface area contributed by atoms with E-state index in [9.17, 15) is 4.79 Å². The molecule has 6 nitrogen and oxygen atoms in total. The van der Waals surface area contributed by atoms with Crippen molar-refractivity contribution in [2.75, 3.05) is 26.0 Å². The third-order valence-corrected chi connectivity index (χ3v) is 5.06. The zero-order valence-electron chi connectivity index (χ0n) is 16.5. The van der Waals surface area contributed by atoms with Crippen molar-refractivity contribution in [1.29, 1.82) is 0 Å². The molecule has 6 heteroatoms. The van der Waals surface area contributed by atoms with Crippen LogP contribution in [0, 0.1) is 0 Å². The smallest absolute Gasteiger partial charge is 0.256 e. The van der Waals surface area contributed by atoms with E-state index in [1.54, 1.807) is 0 Å². The maximum atomic E-state index is 12.8. The predicted octanol–water partition coefficient (Wildman–Crippen LogP) is 3.73. The lowest BCUT2D eigenvalue weighted by molar-refractivity contribution is 0.102. The average Bonchev–Trinajstić information content (AvgIpc) is 3.25. The molecule has 0 unspecified atom stereocenters. The van der Waals surface area contributed by atoms with Gasteiger partial charge >= 0.3 is 0 Å². The molecule has 1 amide bonds. The highest BCUT2D eigenvalue weighted by atomic mass is 16.1. The fraction of sp³-hybridized carbons (Fsp3) is 0.273. The normalized spacial score (nSPS) is 11.6. The number of aromatic nitrogens is 3. The van der Waals surface area contributed by atoms with Crippen LogP contribution in [0.25, 0.3) is 21.9 Å². The summed E-state index contributed by atoms with van der Waals surface area (Å²) in [5, 5.41) is 3.97. The van der Waals surface area contributed by atoms with Crippen molar-refractivity contribution in [3.05, 3.63) is 60.6 Å². The second-order valence-electron chi connectivity index (χ2n) is 7.42. The van der Waals surface area contributed by atoms with Gasteiger partial charge in [-0.3, -0.25) is 4.79 Å². The zero-order chi connectivity index (χ0) is 19.7. The Balaban J connectivity index is 1.54. The number of amides is 1. The largest absolute Gasteiger partial charge is 0.351 e. The van der Waals surface area contributed by atoms with Crippen LogP contribution in [0.4, 0.5) is 5.69 Å². The van der Waals surface area contributed by atoms with Gasteiger partial charge in [-0.2, -0.15) is 0 Å². The number of carbonyl (C=O) groups excluding carboxylic acids is 1. The van der Waals surface area contributed by atoms with Gasteiger partial charge in [0, 0.05) is 41.9 Å². The summed E-state index contributed by atoms with van der Waals surface area (Å²) in [6.07, 6.45) is 4.91. The van der Waals surface area contributed by atoms with Crippen LogP contribution in [0.2, 0.25) is 0 Å². The molecule has 0 fully saturated rings. The van der Waals surface area contributed by atoms with Gasteiger partial charge in [-0.1, -0.05) is 6.07 Å². The lowest BCUT2D eigenvalue weighted by Crippen LogP contribution is -2.14. The van der Waals surface area contributed by atoms with Crippen LogP contribution < -0.4 is 5.32 Å². The molecule has 0 aliphatic rings. The molecule has 4 aromatic rings. The second kappa shape index (κ2) is 7.48. The molecule has 0 saturated heterocycles. The van der Waals surface area contributed by atoms with Crippen LogP contribution >= 0.6 is 0 Å².